The zero-order valence-electron chi connectivity index (χ0n) is 11.5. The summed E-state index contributed by atoms with van der Waals surface area (Å²) in [6.45, 7) is 4.32. The van der Waals surface area contributed by atoms with E-state index < -0.39 is 0 Å². The normalized spacial score (nSPS) is 17.9. The lowest BCUT2D eigenvalue weighted by Crippen LogP contribution is -2.29. The number of thioether (sulfide) groups is 1. The van der Waals surface area contributed by atoms with Crippen molar-refractivity contribution in [3.8, 4) is 0 Å². The third kappa shape index (κ3) is 2.65. The third-order valence-electron chi connectivity index (χ3n) is 3.23. The van der Waals surface area contributed by atoms with Crippen molar-refractivity contribution < 1.29 is 4.39 Å². The van der Waals surface area contributed by atoms with Gasteiger partial charge in [0.15, 0.2) is 5.82 Å². The molecule has 0 bridgehead atoms. The SMILES string of the molecule is CC(C)Cc1nnc2n1NC(c1ccc(F)cc1)CS2. The van der Waals surface area contributed by atoms with Crippen molar-refractivity contribution in [2.45, 2.75) is 31.5 Å². The molecule has 3 rings (SSSR count). The molecule has 6 heteroatoms. The van der Waals surface area contributed by atoms with Crippen molar-refractivity contribution >= 4 is 11.8 Å². The van der Waals surface area contributed by atoms with Crippen LogP contribution in [0.15, 0.2) is 29.4 Å². The molecule has 1 N–H and O–H groups in total. The van der Waals surface area contributed by atoms with E-state index in [0.717, 1.165) is 28.7 Å². The monoisotopic (exact) mass is 292 g/mol. The lowest BCUT2D eigenvalue weighted by molar-refractivity contribution is 0.570. The molecule has 2 aromatic rings. The van der Waals surface area contributed by atoms with Gasteiger partial charge in [-0.15, -0.1) is 10.2 Å². The maximum atomic E-state index is 13.0. The largest absolute Gasteiger partial charge is 0.314 e. The average molecular weight is 292 g/mol. The minimum atomic E-state index is -0.206. The van der Waals surface area contributed by atoms with Gasteiger partial charge >= 0.3 is 0 Å². The molecule has 0 spiro atoms. The van der Waals surface area contributed by atoms with Crippen LogP contribution in [0, 0.1) is 11.7 Å². The van der Waals surface area contributed by atoms with Gasteiger partial charge in [-0.1, -0.05) is 37.7 Å². The molecular formula is C14H17FN4S. The number of nitrogens with one attached hydrogen (secondary N) is 1. The first-order valence-corrected chi connectivity index (χ1v) is 7.71. The third-order valence-corrected chi connectivity index (χ3v) is 4.25. The molecule has 1 aliphatic rings. The van der Waals surface area contributed by atoms with E-state index in [9.17, 15) is 4.39 Å². The summed E-state index contributed by atoms with van der Waals surface area (Å²) in [5.74, 6) is 2.14. The predicted molar refractivity (Wildman–Crippen MR) is 77.8 cm³/mol. The molecule has 1 aromatic heterocycles. The molecule has 0 saturated heterocycles. The van der Waals surface area contributed by atoms with Crippen LogP contribution in [0.25, 0.3) is 0 Å². The van der Waals surface area contributed by atoms with Gasteiger partial charge in [-0.05, 0) is 23.6 Å². The molecule has 106 valence electrons. The lowest BCUT2D eigenvalue weighted by atomic mass is 10.1. The van der Waals surface area contributed by atoms with E-state index in [1.54, 1.807) is 11.8 Å². The smallest absolute Gasteiger partial charge is 0.210 e. The van der Waals surface area contributed by atoms with Crippen molar-refractivity contribution in [1.29, 1.82) is 0 Å². The van der Waals surface area contributed by atoms with Crippen LogP contribution in [0.3, 0.4) is 0 Å². The zero-order valence-corrected chi connectivity index (χ0v) is 12.3. The number of aromatic nitrogens is 3. The molecule has 1 aliphatic heterocycles. The fourth-order valence-electron chi connectivity index (χ4n) is 2.24. The summed E-state index contributed by atoms with van der Waals surface area (Å²) in [5.41, 5.74) is 4.51. The van der Waals surface area contributed by atoms with E-state index in [1.807, 2.05) is 16.8 Å². The van der Waals surface area contributed by atoms with Gasteiger partial charge in [0.1, 0.15) is 5.82 Å². The Morgan fingerprint density at radius 1 is 1.35 bits per heavy atom. The molecule has 0 aliphatic carbocycles. The van der Waals surface area contributed by atoms with Crippen LogP contribution in [-0.4, -0.2) is 20.6 Å². The number of hydrogen-bond acceptors (Lipinski definition) is 4. The molecule has 2 heterocycles. The Morgan fingerprint density at radius 2 is 2.10 bits per heavy atom. The van der Waals surface area contributed by atoms with Crippen molar-refractivity contribution in [2.75, 3.05) is 11.2 Å². The van der Waals surface area contributed by atoms with E-state index in [0.29, 0.717) is 5.92 Å². The fraction of sp³-hybridized carbons (Fsp3) is 0.429. The highest BCUT2D eigenvalue weighted by atomic mass is 32.2. The molecule has 1 unspecified atom stereocenters. The maximum absolute atomic E-state index is 13.0. The Bertz CT molecular complexity index is 594. The second-order valence-corrected chi connectivity index (χ2v) is 6.36. The summed E-state index contributed by atoms with van der Waals surface area (Å²) in [5, 5.41) is 9.36. The number of nitrogens with zero attached hydrogens (tertiary/aromatic N) is 3. The van der Waals surface area contributed by atoms with E-state index >= 15 is 0 Å². The summed E-state index contributed by atoms with van der Waals surface area (Å²) < 4.78 is 15.0. The first-order chi connectivity index (χ1) is 9.63. The average Bonchev–Trinajstić information content (AvgIpc) is 2.81. The number of halogens is 1. The lowest BCUT2D eigenvalue weighted by Gasteiger charge is -2.26. The Labute approximate surface area is 121 Å². The first-order valence-electron chi connectivity index (χ1n) is 6.72. The second-order valence-electron chi connectivity index (χ2n) is 5.38. The zero-order chi connectivity index (χ0) is 14.1. The van der Waals surface area contributed by atoms with E-state index in [1.165, 1.54) is 12.1 Å². The molecule has 0 saturated carbocycles. The van der Waals surface area contributed by atoms with Gasteiger partial charge in [0.05, 0.1) is 6.04 Å². The van der Waals surface area contributed by atoms with Crippen LogP contribution >= 0.6 is 11.8 Å². The van der Waals surface area contributed by atoms with Crippen LogP contribution in [0.5, 0.6) is 0 Å². The topological polar surface area (TPSA) is 42.7 Å². The molecule has 4 nitrogen and oxygen atoms in total. The Morgan fingerprint density at radius 3 is 2.80 bits per heavy atom. The number of hydrogen-bond donors (Lipinski definition) is 1. The molecule has 1 aromatic carbocycles. The van der Waals surface area contributed by atoms with Crippen molar-refractivity contribution in [1.82, 2.24) is 14.9 Å². The first kappa shape index (κ1) is 13.4. The van der Waals surface area contributed by atoms with E-state index in [4.69, 9.17) is 0 Å². The summed E-state index contributed by atoms with van der Waals surface area (Å²) in [6, 6.07) is 6.79. The maximum Gasteiger partial charge on any atom is 0.210 e. The van der Waals surface area contributed by atoms with Crippen LogP contribution in [0.4, 0.5) is 4.39 Å². The van der Waals surface area contributed by atoms with Crippen molar-refractivity contribution in [2.24, 2.45) is 5.92 Å². The van der Waals surface area contributed by atoms with Gasteiger partial charge in [-0.25, -0.2) is 9.07 Å². The van der Waals surface area contributed by atoms with E-state index in [-0.39, 0.29) is 11.9 Å². The number of fused-ring (bicyclic) bond motifs is 1. The highest BCUT2D eigenvalue weighted by Crippen LogP contribution is 2.30. The van der Waals surface area contributed by atoms with Crippen LogP contribution in [-0.2, 0) is 6.42 Å². The summed E-state index contributed by atoms with van der Waals surface area (Å²) in [7, 11) is 0. The standard InChI is InChI=1S/C14H17FN4S/c1-9(2)7-13-16-17-14-19(13)18-12(8-20-14)10-3-5-11(15)6-4-10/h3-6,9,12,18H,7-8H2,1-2H3. The van der Waals surface area contributed by atoms with Gasteiger partial charge in [-0.3, -0.25) is 0 Å². The summed E-state index contributed by atoms with van der Waals surface area (Å²) in [6.07, 6.45) is 0.886. The number of benzene rings is 1. The Balaban J connectivity index is 1.83. The van der Waals surface area contributed by atoms with Gasteiger partial charge in [0.25, 0.3) is 0 Å². The van der Waals surface area contributed by atoms with Crippen LogP contribution in [0.1, 0.15) is 31.3 Å². The van der Waals surface area contributed by atoms with Gasteiger partial charge in [0.2, 0.25) is 5.16 Å². The van der Waals surface area contributed by atoms with Crippen LogP contribution in [0.2, 0.25) is 0 Å². The molecule has 1 atom stereocenters. The minimum Gasteiger partial charge on any atom is -0.314 e. The Kier molecular flexibility index (Phi) is 3.65. The van der Waals surface area contributed by atoms with Gasteiger partial charge in [0, 0.05) is 12.2 Å². The van der Waals surface area contributed by atoms with Crippen molar-refractivity contribution in [3.63, 3.8) is 0 Å². The van der Waals surface area contributed by atoms with Crippen molar-refractivity contribution in [3.05, 3.63) is 41.5 Å². The minimum absolute atomic E-state index is 0.148. The number of rotatable bonds is 3. The Hall–Kier alpha value is -1.56. The molecule has 0 radical (unpaired) electrons. The fourth-order valence-corrected chi connectivity index (χ4v) is 3.21. The quantitative estimate of drug-likeness (QED) is 0.944. The molecule has 0 fully saturated rings. The van der Waals surface area contributed by atoms with Crippen LogP contribution < -0.4 is 5.43 Å². The van der Waals surface area contributed by atoms with E-state index in [2.05, 4.69) is 29.5 Å². The molecule has 0 amide bonds. The van der Waals surface area contributed by atoms with Gasteiger partial charge < -0.3 is 5.43 Å². The van der Waals surface area contributed by atoms with Gasteiger partial charge in [-0.2, -0.15) is 0 Å². The highest BCUT2D eigenvalue weighted by Gasteiger charge is 2.24. The molecular weight excluding hydrogens is 275 g/mol. The summed E-state index contributed by atoms with van der Waals surface area (Å²) in [4.78, 5) is 0. The highest BCUT2D eigenvalue weighted by molar-refractivity contribution is 7.99. The molecule has 20 heavy (non-hydrogen) atoms. The predicted octanol–water partition coefficient (Wildman–Crippen LogP) is 3.01. The summed E-state index contributed by atoms with van der Waals surface area (Å²) >= 11 is 1.68. The second kappa shape index (κ2) is 5.44.